The number of hydrogen-bond donors (Lipinski definition) is 2. The summed E-state index contributed by atoms with van der Waals surface area (Å²) in [5, 5.41) is 10.0. The molecule has 1 aromatic carbocycles. The van der Waals surface area contributed by atoms with Crippen LogP contribution in [0.1, 0.15) is 23.0 Å². The molecule has 1 aliphatic rings. The zero-order chi connectivity index (χ0) is 16.9. The Morgan fingerprint density at radius 1 is 1.33 bits per heavy atom. The summed E-state index contributed by atoms with van der Waals surface area (Å²) in [5.74, 6) is -0.124. The van der Waals surface area contributed by atoms with Gasteiger partial charge in [0.05, 0.1) is 18.9 Å². The Bertz CT molecular complexity index is 675. The number of morpholine rings is 1. The van der Waals surface area contributed by atoms with Crippen LogP contribution in [0.3, 0.4) is 0 Å². The fourth-order valence-electron chi connectivity index (χ4n) is 2.79. The Labute approximate surface area is 142 Å². The maximum Gasteiger partial charge on any atom is 0.269 e. The van der Waals surface area contributed by atoms with Crippen molar-refractivity contribution >= 4 is 5.91 Å². The van der Waals surface area contributed by atoms with Crippen molar-refractivity contribution in [2.45, 2.75) is 19.9 Å². The first-order valence-electron chi connectivity index (χ1n) is 8.36. The Balaban J connectivity index is 1.56. The average Bonchev–Trinajstić information content (AvgIpc) is 3.11. The van der Waals surface area contributed by atoms with E-state index in [1.54, 1.807) is 6.07 Å². The summed E-state index contributed by atoms with van der Waals surface area (Å²) in [6.45, 7) is 8.13. The first kappa shape index (κ1) is 16.7. The molecule has 1 unspecified atom stereocenters. The van der Waals surface area contributed by atoms with Gasteiger partial charge < -0.3 is 10.1 Å². The molecule has 6 heteroatoms. The van der Waals surface area contributed by atoms with Crippen LogP contribution in [0, 0.1) is 6.92 Å². The Morgan fingerprint density at radius 3 is 2.75 bits per heavy atom. The van der Waals surface area contributed by atoms with E-state index in [9.17, 15) is 4.79 Å². The fourth-order valence-corrected chi connectivity index (χ4v) is 2.79. The number of rotatable bonds is 5. The van der Waals surface area contributed by atoms with E-state index in [4.69, 9.17) is 4.74 Å². The van der Waals surface area contributed by atoms with Crippen LogP contribution in [0.5, 0.6) is 0 Å². The van der Waals surface area contributed by atoms with Crippen molar-refractivity contribution in [3.05, 3.63) is 41.6 Å². The number of carbonyl (C=O) groups is 1. The maximum absolute atomic E-state index is 12.3. The van der Waals surface area contributed by atoms with E-state index < -0.39 is 0 Å². The number of nitrogens with zero attached hydrogens (tertiary/aromatic N) is 2. The first-order valence-corrected chi connectivity index (χ1v) is 8.36. The van der Waals surface area contributed by atoms with Gasteiger partial charge in [0.1, 0.15) is 5.69 Å². The average molecular weight is 328 g/mol. The summed E-state index contributed by atoms with van der Waals surface area (Å²) in [6, 6.07) is 10.2. The number of H-pyrrole nitrogens is 1. The molecule has 3 rings (SSSR count). The Kier molecular flexibility index (Phi) is 5.27. The van der Waals surface area contributed by atoms with Gasteiger partial charge in [0, 0.05) is 31.2 Å². The predicted molar refractivity (Wildman–Crippen MR) is 92.9 cm³/mol. The highest BCUT2D eigenvalue weighted by atomic mass is 16.5. The number of ether oxygens (including phenoxy) is 1. The minimum atomic E-state index is -0.124. The van der Waals surface area contributed by atoms with E-state index in [0.717, 1.165) is 37.6 Å². The zero-order valence-corrected chi connectivity index (χ0v) is 14.2. The minimum Gasteiger partial charge on any atom is -0.379 e. The molecule has 0 bridgehead atoms. The molecule has 1 aliphatic heterocycles. The molecule has 2 heterocycles. The number of aromatic nitrogens is 2. The van der Waals surface area contributed by atoms with Crippen molar-refractivity contribution in [2.24, 2.45) is 0 Å². The molecule has 2 N–H and O–H groups in total. The topological polar surface area (TPSA) is 70.2 Å². The fraction of sp³-hybridized carbons (Fsp3) is 0.444. The Hall–Kier alpha value is -2.18. The molecule has 1 saturated heterocycles. The minimum absolute atomic E-state index is 0.124. The number of carbonyl (C=O) groups excluding carboxylic acids is 1. The van der Waals surface area contributed by atoms with Crippen molar-refractivity contribution in [1.29, 1.82) is 0 Å². The lowest BCUT2D eigenvalue weighted by Gasteiger charge is -2.32. The molecule has 6 nitrogen and oxygen atoms in total. The molecule has 1 atom stereocenters. The van der Waals surface area contributed by atoms with Crippen LogP contribution in [0.4, 0.5) is 0 Å². The van der Waals surface area contributed by atoms with Crippen LogP contribution in [-0.2, 0) is 4.74 Å². The van der Waals surface area contributed by atoms with E-state index in [2.05, 4.69) is 27.3 Å². The van der Waals surface area contributed by atoms with Crippen LogP contribution in [0.25, 0.3) is 11.3 Å². The standard InChI is InChI=1S/C18H24N4O2/c1-13-3-5-15(6-4-13)16-11-17(21-20-16)18(23)19-12-14(2)22-7-9-24-10-8-22/h3-6,11,14H,7-10,12H2,1-2H3,(H,19,23)(H,20,21). The molecule has 0 aliphatic carbocycles. The number of aromatic amines is 1. The zero-order valence-electron chi connectivity index (χ0n) is 14.2. The molecule has 1 aromatic heterocycles. The van der Waals surface area contributed by atoms with E-state index in [1.807, 2.05) is 31.2 Å². The van der Waals surface area contributed by atoms with Crippen molar-refractivity contribution in [2.75, 3.05) is 32.8 Å². The second-order valence-electron chi connectivity index (χ2n) is 6.24. The number of benzene rings is 1. The van der Waals surface area contributed by atoms with Crippen LogP contribution in [0.15, 0.2) is 30.3 Å². The molecular weight excluding hydrogens is 304 g/mol. The van der Waals surface area contributed by atoms with Gasteiger partial charge in [-0.3, -0.25) is 14.8 Å². The quantitative estimate of drug-likeness (QED) is 0.878. The van der Waals surface area contributed by atoms with Crippen LogP contribution in [-0.4, -0.2) is 59.9 Å². The normalized spacial score (nSPS) is 16.8. The van der Waals surface area contributed by atoms with Gasteiger partial charge in [0.25, 0.3) is 5.91 Å². The van der Waals surface area contributed by atoms with Crippen molar-refractivity contribution < 1.29 is 9.53 Å². The van der Waals surface area contributed by atoms with Crippen LogP contribution < -0.4 is 5.32 Å². The highest BCUT2D eigenvalue weighted by Gasteiger charge is 2.18. The maximum atomic E-state index is 12.3. The monoisotopic (exact) mass is 328 g/mol. The lowest BCUT2D eigenvalue weighted by Crippen LogP contribution is -2.47. The second kappa shape index (κ2) is 7.59. The molecule has 0 radical (unpaired) electrons. The van der Waals surface area contributed by atoms with Gasteiger partial charge in [-0.05, 0) is 19.9 Å². The molecule has 128 valence electrons. The molecular formula is C18H24N4O2. The smallest absolute Gasteiger partial charge is 0.269 e. The summed E-state index contributed by atoms with van der Waals surface area (Å²) < 4.78 is 5.35. The number of hydrogen-bond acceptors (Lipinski definition) is 4. The summed E-state index contributed by atoms with van der Waals surface area (Å²) >= 11 is 0. The van der Waals surface area contributed by atoms with Crippen molar-refractivity contribution in [3.63, 3.8) is 0 Å². The van der Waals surface area contributed by atoms with Gasteiger partial charge in [-0.2, -0.15) is 5.10 Å². The molecule has 1 amide bonds. The van der Waals surface area contributed by atoms with Gasteiger partial charge in [0.2, 0.25) is 0 Å². The van der Waals surface area contributed by atoms with E-state index in [1.165, 1.54) is 5.56 Å². The summed E-state index contributed by atoms with van der Waals surface area (Å²) in [5.41, 5.74) is 3.46. The summed E-state index contributed by atoms with van der Waals surface area (Å²) in [4.78, 5) is 14.6. The molecule has 0 saturated carbocycles. The lowest BCUT2D eigenvalue weighted by atomic mass is 10.1. The lowest BCUT2D eigenvalue weighted by molar-refractivity contribution is 0.0204. The third-order valence-electron chi connectivity index (χ3n) is 4.40. The van der Waals surface area contributed by atoms with Crippen LogP contribution in [0.2, 0.25) is 0 Å². The van der Waals surface area contributed by atoms with Crippen molar-refractivity contribution in [3.8, 4) is 11.3 Å². The van der Waals surface area contributed by atoms with Gasteiger partial charge in [0.15, 0.2) is 0 Å². The SMILES string of the molecule is Cc1ccc(-c2cc(C(=O)NCC(C)N3CCOCC3)[nH]n2)cc1. The van der Waals surface area contributed by atoms with Gasteiger partial charge in [-0.1, -0.05) is 29.8 Å². The first-order chi connectivity index (χ1) is 11.6. The molecule has 24 heavy (non-hydrogen) atoms. The van der Waals surface area contributed by atoms with Crippen molar-refractivity contribution in [1.82, 2.24) is 20.4 Å². The highest BCUT2D eigenvalue weighted by molar-refractivity contribution is 5.93. The number of aryl methyl sites for hydroxylation is 1. The van der Waals surface area contributed by atoms with E-state index in [-0.39, 0.29) is 11.9 Å². The summed E-state index contributed by atoms with van der Waals surface area (Å²) in [7, 11) is 0. The van der Waals surface area contributed by atoms with Gasteiger partial charge >= 0.3 is 0 Å². The molecule has 2 aromatic rings. The number of amides is 1. The van der Waals surface area contributed by atoms with E-state index >= 15 is 0 Å². The second-order valence-corrected chi connectivity index (χ2v) is 6.24. The van der Waals surface area contributed by atoms with Gasteiger partial charge in [-0.25, -0.2) is 0 Å². The third-order valence-corrected chi connectivity index (χ3v) is 4.40. The van der Waals surface area contributed by atoms with E-state index in [0.29, 0.717) is 12.2 Å². The largest absolute Gasteiger partial charge is 0.379 e. The highest BCUT2D eigenvalue weighted by Crippen LogP contribution is 2.18. The Morgan fingerprint density at radius 2 is 2.04 bits per heavy atom. The van der Waals surface area contributed by atoms with Gasteiger partial charge in [-0.15, -0.1) is 0 Å². The predicted octanol–water partition coefficient (Wildman–Crippen LogP) is 1.84. The summed E-state index contributed by atoms with van der Waals surface area (Å²) in [6.07, 6.45) is 0. The number of nitrogens with one attached hydrogen (secondary N) is 2. The molecule has 0 spiro atoms. The van der Waals surface area contributed by atoms with Crippen LogP contribution >= 0.6 is 0 Å². The molecule has 1 fully saturated rings. The third kappa shape index (κ3) is 4.01.